The van der Waals surface area contributed by atoms with Gasteiger partial charge in [-0.3, -0.25) is 4.79 Å². The van der Waals surface area contributed by atoms with Gasteiger partial charge in [-0.2, -0.15) is 5.26 Å². The summed E-state index contributed by atoms with van der Waals surface area (Å²) in [4.78, 5) is 15.3. The molecule has 3 aliphatic heterocycles. The van der Waals surface area contributed by atoms with Crippen LogP contribution in [0.4, 0.5) is 18.9 Å². The number of hydrogen-bond donors (Lipinski definition) is 3. The number of amides is 1. The Morgan fingerprint density at radius 3 is 2.53 bits per heavy atom. The molecule has 4 aliphatic rings. The summed E-state index contributed by atoms with van der Waals surface area (Å²) in [5.41, 5.74) is 4.03. The number of piperidine rings is 1. The highest BCUT2D eigenvalue weighted by Crippen LogP contribution is 2.38. The molecule has 3 N–H and O–H groups in total. The highest BCUT2D eigenvalue weighted by Gasteiger charge is 2.52. The number of carbonyl (C=O) groups excluding carboxylic acids is 1. The summed E-state index contributed by atoms with van der Waals surface area (Å²) < 4.78 is 41.3. The molecule has 6 atom stereocenters. The minimum atomic E-state index is -4.75. The molecule has 0 spiro atoms. The second kappa shape index (κ2) is 9.24. The standard InChI is InChI=1S/C23H29F3N6O2/c24-23(25,26)34-17-5-2-15(3-6-17)29-21-20-19(8-9-28-22(20)33)32(30-21)18-7-4-16(12-14(18)13-27)31-10-1-11-31/h2-3,5-6,14,16,18-21,29-30H,1,4,7-12H2,(H,28,33)/t14-,16+,18+,19?,20?,21?/m1/s1. The van der Waals surface area contributed by atoms with Crippen molar-refractivity contribution in [1.82, 2.24) is 20.7 Å². The number of ether oxygens (including phenoxy) is 1. The van der Waals surface area contributed by atoms with E-state index in [1.54, 1.807) is 0 Å². The minimum absolute atomic E-state index is 0.00953. The zero-order valence-electron chi connectivity index (χ0n) is 18.7. The number of halogens is 3. The number of hydrogen-bond acceptors (Lipinski definition) is 7. The van der Waals surface area contributed by atoms with Gasteiger partial charge < -0.3 is 20.3 Å². The number of benzene rings is 1. The van der Waals surface area contributed by atoms with Gasteiger partial charge in [0.1, 0.15) is 11.9 Å². The van der Waals surface area contributed by atoms with E-state index in [0.717, 1.165) is 38.8 Å². The Kier molecular flexibility index (Phi) is 6.31. The van der Waals surface area contributed by atoms with Gasteiger partial charge in [0.05, 0.1) is 17.9 Å². The topological polar surface area (TPSA) is 92.7 Å². The lowest BCUT2D eigenvalue weighted by Crippen LogP contribution is -2.57. The fourth-order valence-electron chi connectivity index (χ4n) is 5.88. The molecule has 4 fully saturated rings. The number of alkyl halides is 3. The second-order valence-electron chi connectivity index (χ2n) is 9.56. The van der Waals surface area contributed by atoms with Gasteiger partial charge in [-0.25, -0.2) is 10.4 Å². The Morgan fingerprint density at radius 2 is 1.88 bits per heavy atom. The predicted octanol–water partition coefficient (Wildman–Crippen LogP) is 2.41. The van der Waals surface area contributed by atoms with Gasteiger partial charge in [0.2, 0.25) is 5.91 Å². The molecular weight excluding hydrogens is 449 g/mol. The van der Waals surface area contributed by atoms with Gasteiger partial charge in [0, 0.05) is 30.4 Å². The molecular formula is C23H29F3N6O2. The third kappa shape index (κ3) is 4.67. The Hall–Kier alpha value is -2.55. The molecule has 3 unspecified atom stereocenters. The largest absolute Gasteiger partial charge is 0.573 e. The fraction of sp³-hybridized carbons (Fsp3) is 0.652. The normalized spacial score (nSPS) is 34.5. The summed E-state index contributed by atoms with van der Waals surface area (Å²) in [5.74, 6) is -0.881. The maximum atomic E-state index is 12.8. The van der Waals surface area contributed by atoms with Crippen LogP contribution in [0.2, 0.25) is 0 Å². The number of rotatable bonds is 5. The quantitative estimate of drug-likeness (QED) is 0.599. The molecule has 11 heteroatoms. The third-order valence-electron chi connectivity index (χ3n) is 7.59. The summed E-state index contributed by atoms with van der Waals surface area (Å²) in [5, 5.41) is 18.3. The first kappa shape index (κ1) is 23.2. The van der Waals surface area contributed by atoms with Crippen LogP contribution in [0.25, 0.3) is 0 Å². The lowest BCUT2D eigenvalue weighted by molar-refractivity contribution is -0.274. The van der Waals surface area contributed by atoms with E-state index in [0.29, 0.717) is 18.3 Å². The first-order chi connectivity index (χ1) is 16.3. The van der Waals surface area contributed by atoms with Crippen molar-refractivity contribution in [2.75, 3.05) is 25.0 Å². The summed E-state index contributed by atoms with van der Waals surface area (Å²) in [6.07, 6.45) is -0.447. The maximum absolute atomic E-state index is 12.8. The van der Waals surface area contributed by atoms with Crippen molar-refractivity contribution in [1.29, 1.82) is 5.26 Å². The van der Waals surface area contributed by atoms with Crippen LogP contribution < -0.4 is 20.8 Å². The van der Waals surface area contributed by atoms with E-state index in [1.807, 2.05) is 0 Å². The molecule has 184 valence electrons. The molecule has 1 aliphatic carbocycles. The first-order valence-corrected chi connectivity index (χ1v) is 11.9. The van der Waals surface area contributed by atoms with E-state index in [-0.39, 0.29) is 35.6 Å². The van der Waals surface area contributed by atoms with Crippen LogP contribution in [-0.4, -0.2) is 66.1 Å². The van der Waals surface area contributed by atoms with Gasteiger partial charge in [-0.15, -0.1) is 13.2 Å². The molecule has 1 aromatic carbocycles. The van der Waals surface area contributed by atoms with E-state index in [4.69, 9.17) is 0 Å². The fourth-order valence-corrected chi connectivity index (χ4v) is 5.88. The molecule has 1 saturated carbocycles. The van der Waals surface area contributed by atoms with Crippen molar-refractivity contribution in [3.8, 4) is 11.8 Å². The lowest BCUT2D eigenvalue weighted by atomic mass is 9.79. The molecule has 0 radical (unpaired) electrons. The van der Waals surface area contributed by atoms with Gasteiger partial charge in [0.25, 0.3) is 0 Å². The zero-order chi connectivity index (χ0) is 23.9. The van der Waals surface area contributed by atoms with Crippen molar-refractivity contribution >= 4 is 11.6 Å². The maximum Gasteiger partial charge on any atom is 0.573 e. The van der Waals surface area contributed by atoms with Crippen LogP contribution >= 0.6 is 0 Å². The molecule has 0 bridgehead atoms. The van der Waals surface area contributed by atoms with Crippen molar-refractivity contribution in [2.24, 2.45) is 11.8 Å². The van der Waals surface area contributed by atoms with Crippen LogP contribution in [0.15, 0.2) is 24.3 Å². The van der Waals surface area contributed by atoms with Crippen LogP contribution in [0.1, 0.15) is 32.1 Å². The molecule has 5 rings (SSSR count). The highest BCUT2D eigenvalue weighted by atomic mass is 19.4. The van der Waals surface area contributed by atoms with Gasteiger partial charge in [-0.05, 0) is 69.5 Å². The van der Waals surface area contributed by atoms with E-state index < -0.39 is 12.5 Å². The smallest absolute Gasteiger partial charge is 0.406 e. The molecule has 8 nitrogen and oxygen atoms in total. The van der Waals surface area contributed by atoms with Crippen molar-refractivity contribution in [3.05, 3.63) is 24.3 Å². The average molecular weight is 479 g/mol. The Balaban J connectivity index is 1.30. The molecule has 3 saturated heterocycles. The molecule has 34 heavy (non-hydrogen) atoms. The molecule has 1 aromatic rings. The number of fused-ring (bicyclic) bond motifs is 1. The number of nitrogens with one attached hydrogen (secondary N) is 3. The summed E-state index contributed by atoms with van der Waals surface area (Å²) in [6, 6.07) is 8.41. The van der Waals surface area contributed by atoms with Gasteiger partial charge in [-0.1, -0.05) is 0 Å². The van der Waals surface area contributed by atoms with E-state index in [9.17, 15) is 23.2 Å². The summed E-state index contributed by atoms with van der Waals surface area (Å²) >= 11 is 0. The SMILES string of the molecule is N#C[C@H]1C[C@@H](N2CCC2)CC[C@@H]1N1NC(Nc2ccc(OC(F)(F)F)cc2)C2C(=O)NCCC21. The average Bonchev–Trinajstić information content (AvgIpc) is 3.12. The highest BCUT2D eigenvalue weighted by molar-refractivity contribution is 5.82. The van der Waals surface area contributed by atoms with Crippen LogP contribution in [0, 0.1) is 23.2 Å². The monoisotopic (exact) mass is 478 g/mol. The third-order valence-corrected chi connectivity index (χ3v) is 7.59. The van der Waals surface area contributed by atoms with Crippen LogP contribution in [-0.2, 0) is 4.79 Å². The predicted molar refractivity (Wildman–Crippen MR) is 117 cm³/mol. The van der Waals surface area contributed by atoms with Crippen LogP contribution in [0.3, 0.4) is 0 Å². The molecule has 1 amide bonds. The number of likely N-dealkylation sites (tertiary alicyclic amines) is 1. The van der Waals surface area contributed by atoms with Gasteiger partial charge >= 0.3 is 6.36 Å². The number of hydrazine groups is 1. The van der Waals surface area contributed by atoms with Crippen molar-refractivity contribution in [3.63, 3.8) is 0 Å². The Morgan fingerprint density at radius 1 is 1.12 bits per heavy atom. The number of nitriles is 1. The van der Waals surface area contributed by atoms with E-state index in [1.165, 1.54) is 30.7 Å². The van der Waals surface area contributed by atoms with E-state index >= 15 is 0 Å². The Labute approximate surface area is 196 Å². The van der Waals surface area contributed by atoms with Crippen molar-refractivity contribution < 1.29 is 22.7 Å². The zero-order valence-corrected chi connectivity index (χ0v) is 18.7. The van der Waals surface area contributed by atoms with E-state index in [2.05, 4.69) is 36.8 Å². The number of carbonyl (C=O) groups is 1. The lowest BCUT2D eigenvalue weighted by Gasteiger charge is -2.46. The summed E-state index contributed by atoms with van der Waals surface area (Å²) in [7, 11) is 0. The first-order valence-electron chi connectivity index (χ1n) is 11.9. The number of anilines is 1. The van der Waals surface area contributed by atoms with Crippen molar-refractivity contribution in [2.45, 2.75) is 62.8 Å². The number of nitrogens with zero attached hydrogens (tertiary/aromatic N) is 3. The molecule has 0 aromatic heterocycles. The second-order valence-corrected chi connectivity index (χ2v) is 9.56. The minimum Gasteiger partial charge on any atom is -0.406 e. The van der Waals surface area contributed by atoms with Gasteiger partial charge in [0.15, 0.2) is 0 Å². The summed E-state index contributed by atoms with van der Waals surface area (Å²) in [6.45, 7) is 2.80. The van der Waals surface area contributed by atoms with Crippen LogP contribution in [0.5, 0.6) is 5.75 Å². The molecule has 3 heterocycles. The Bertz CT molecular complexity index is 932.